The van der Waals surface area contributed by atoms with E-state index in [1.807, 2.05) is 24.3 Å². The molecule has 0 aliphatic carbocycles. The Hall–Kier alpha value is -2.36. The third kappa shape index (κ3) is 3.09. The minimum atomic E-state index is 0.925. The predicted octanol–water partition coefficient (Wildman–Crippen LogP) is 1.93. The zero-order valence-electron chi connectivity index (χ0n) is 8.56. The zero-order valence-corrected chi connectivity index (χ0v) is 8.56. The predicted molar refractivity (Wildman–Crippen MR) is 63.7 cm³/mol. The second kappa shape index (κ2) is 5.50. The summed E-state index contributed by atoms with van der Waals surface area (Å²) in [7, 11) is 0. The van der Waals surface area contributed by atoms with Crippen molar-refractivity contribution in [1.29, 1.82) is 0 Å². The summed E-state index contributed by atoms with van der Waals surface area (Å²) in [6, 6.07) is 7.50. The van der Waals surface area contributed by atoms with E-state index >= 15 is 0 Å². The molecule has 0 N–H and O–H groups in total. The van der Waals surface area contributed by atoms with Crippen molar-refractivity contribution in [3.8, 4) is 0 Å². The van der Waals surface area contributed by atoms with Crippen molar-refractivity contribution < 1.29 is 0 Å². The van der Waals surface area contributed by atoms with Gasteiger partial charge in [0.05, 0.1) is 12.4 Å². The lowest BCUT2D eigenvalue weighted by Crippen LogP contribution is -1.82. The molecule has 0 bridgehead atoms. The number of hydrogen-bond donors (Lipinski definition) is 0. The Balaban J connectivity index is 1.98. The van der Waals surface area contributed by atoms with Gasteiger partial charge in [-0.15, -0.1) is 0 Å². The fourth-order valence-corrected chi connectivity index (χ4v) is 1.10. The van der Waals surface area contributed by atoms with Crippen LogP contribution in [0.1, 0.15) is 11.1 Å². The Bertz CT molecular complexity index is 429. The van der Waals surface area contributed by atoms with Crippen molar-refractivity contribution in [2.45, 2.75) is 0 Å². The van der Waals surface area contributed by atoms with Crippen molar-refractivity contribution in [2.75, 3.05) is 0 Å². The molecule has 16 heavy (non-hydrogen) atoms. The van der Waals surface area contributed by atoms with Crippen LogP contribution < -0.4 is 0 Å². The average molecular weight is 210 g/mol. The molecule has 0 aliphatic rings. The molecule has 2 heterocycles. The van der Waals surface area contributed by atoms with E-state index in [1.165, 1.54) is 0 Å². The van der Waals surface area contributed by atoms with E-state index in [9.17, 15) is 0 Å². The third-order valence-corrected chi connectivity index (χ3v) is 1.87. The molecule has 2 aromatic heterocycles. The van der Waals surface area contributed by atoms with Crippen molar-refractivity contribution in [3.63, 3.8) is 0 Å². The molecule has 0 aromatic carbocycles. The van der Waals surface area contributed by atoms with Gasteiger partial charge in [-0.05, 0) is 23.8 Å². The van der Waals surface area contributed by atoms with Gasteiger partial charge in [0.2, 0.25) is 0 Å². The molecule has 0 radical (unpaired) electrons. The van der Waals surface area contributed by atoms with E-state index in [1.54, 1.807) is 37.2 Å². The van der Waals surface area contributed by atoms with Crippen LogP contribution in [0.25, 0.3) is 0 Å². The third-order valence-electron chi connectivity index (χ3n) is 1.87. The van der Waals surface area contributed by atoms with Gasteiger partial charge in [-0.2, -0.15) is 10.2 Å². The summed E-state index contributed by atoms with van der Waals surface area (Å²) in [5, 5.41) is 7.85. The molecule has 0 spiro atoms. The lowest BCUT2D eigenvalue weighted by Gasteiger charge is -1.88. The highest BCUT2D eigenvalue weighted by Gasteiger charge is 1.84. The Kier molecular flexibility index (Phi) is 3.50. The maximum Gasteiger partial charge on any atom is 0.0583 e. The van der Waals surface area contributed by atoms with E-state index in [0.717, 1.165) is 11.1 Å². The monoisotopic (exact) mass is 210 g/mol. The van der Waals surface area contributed by atoms with Crippen molar-refractivity contribution in [1.82, 2.24) is 9.97 Å². The molecule has 0 saturated heterocycles. The average Bonchev–Trinajstić information content (AvgIpc) is 2.37. The van der Waals surface area contributed by atoms with Gasteiger partial charge in [-0.25, -0.2) is 0 Å². The SMILES string of the molecule is C(=NN=Cc1cccnc1)c1ccncc1. The van der Waals surface area contributed by atoms with Gasteiger partial charge < -0.3 is 0 Å². The van der Waals surface area contributed by atoms with Crippen molar-refractivity contribution >= 4 is 12.4 Å². The summed E-state index contributed by atoms with van der Waals surface area (Å²) < 4.78 is 0. The standard InChI is InChI=1S/C12H10N4/c1-2-12(8-14-5-1)10-16-15-9-11-3-6-13-7-4-11/h1-10H. The van der Waals surface area contributed by atoms with E-state index in [-0.39, 0.29) is 0 Å². The molecule has 0 saturated carbocycles. The Morgan fingerprint density at radius 2 is 1.56 bits per heavy atom. The molecule has 4 nitrogen and oxygen atoms in total. The van der Waals surface area contributed by atoms with Crippen LogP contribution in [0.3, 0.4) is 0 Å². The first-order valence-corrected chi connectivity index (χ1v) is 4.81. The van der Waals surface area contributed by atoms with Crippen LogP contribution in [0.15, 0.2) is 59.3 Å². The largest absolute Gasteiger partial charge is 0.265 e. The van der Waals surface area contributed by atoms with Gasteiger partial charge in [-0.3, -0.25) is 9.97 Å². The smallest absolute Gasteiger partial charge is 0.0583 e. The Morgan fingerprint density at radius 3 is 2.25 bits per heavy atom. The van der Waals surface area contributed by atoms with Crippen LogP contribution in [0.2, 0.25) is 0 Å². The van der Waals surface area contributed by atoms with Crippen LogP contribution in [-0.2, 0) is 0 Å². The van der Waals surface area contributed by atoms with Crippen LogP contribution in [0.4, 0.5) is 0 Å². The number of rotatable bonds is 3. The number of nitrogens with zero attached hydrogens (tertiary/aromatic N) is 4. The summed E-state index contributed by atoms with van der Waals surface area (Å²) in [5.41, 5.74) is 1.90. The molecular weight excluding hydrogens is 200 g/mol. The minimum Gasteiger partial charge on any atom is -0.265 e. The molecule has 0 aliphatic heterocycles. The number of aromatic nitrogens is 2. The Morgan fingerprint density at radius 1 is 0.812 bits per heavy atom. The van der Waals surface area contributed by atoms with Crippen molar-refractivity contribution in [2.24, 2.45) is 10.2 Å². The van der Waals surface area contributed by atoms with Crippen LogP contribution in [-0.4, -0.2) is 22.4 Å². The van der Waals surface area contributed by atoms with Gasteiger partial charge >= 0.3 is 0 Å². The van der Waals surface area contributed by atoms with Gasteiger partial charge in [0.15, 0.2) is 0 Å². The van der Waals surface area contributed by atoms with Crippen LogP contribution in [0, 0.1) is 0 Å². The molecule has 0 unspecified atom stereocenters. The van der Waals surface area contributed by atoms with E-state index in [2.05, 4.69) is 20.2 Å². The highest BCUT2D eigenvalue weighted by molar-refractivity contribution is 5.82. The normalized spacial score (nSPS) is 11.2. The first-order chi connectivity index (χ1) is 7.95. The minimum absolute atomic E-state index is 0.925. The lowest BCUT2D eigenvalue weighted by molar-refractivity contribution is 1.25. The topological polar surface area (TPSA) is 50.5 Å². The molecule has 4 heteroatoms. The van der Waals surface area contributed by atoms with Gasteiger partial charge in [0.25, 0.3) is 0 Å². The summed E-state index contributed by atoms with van der Waals surface area (Å²) in [4.78, 5) is 7.88. The molecule has 0 amide bonds. The summed E-state index contributed by atoms with van der Waals surface area (Å²) >= 11 is 0. The maximum absolute atomic E-state index is 3.97. The highest BCUT2D eigenvalue weighted by atomic mass is 15.2. The lowest BCUT2D eigenvalue weighted by atomic mass is 10.3. The second-order valence-corrected chi connectivity index (χ2v) is 3.06. The second-order valence-electron chi connectivity index (χ2n) is 3.06. The van der Waals surface area contributed by atoms with Crippen molar-refractivity contribution in [3.05, 3.63) is 60.2 Å². The Labute approximate surface area is 93.4 Å². The molecule has 0 fully saturated rings. The van der Waals surface area contributed by atoms with E-state index in [4.69, 9.17) is 0 Å². The fourth-order valence-electron chi connectivity index (χ4n) is 1.10. The molecule has 2 aromatic rings. The zero-order chi connectivity index (χ0) is 11.1. The van der Waals surface area contributed by atoms with Gasteiger partial charge in [0, 0.05) is 30.4 Å². The van der Waals surface area contributed by atoms with Gasteiger partial charge in [0.1, 0.15) is 0 Å². The molecular formula is C12H10N4. The quantitative estimate of drug-likeness (QED) is 0.574. The van der Waals surface area contributed by atoms with Crippen LogP contribution >= 0.6 is 0 Å². The molecule has 2 rings (SSSR count). The van der Waals surface area contributed by atoms with Crippen LogP contribution in [0.5, 0.6) is 0 Å². The maximum atomic E-state index is 3.97. The first-order valence-electron chi connectivity index (χ1n) is 4.81. The summed E-state index contributed by atoms with van der Waals surface area (Å²) in [6.45, 7) is 0. The van der Waals surface area contributed by atoms with Gasteiger partial charge in [-0.1, -0.05) is 6.07 Å². The summed E-state index contributed by atoms with van der Waals surface area (Å²) in [5.74, 6) is 0. The number of hydrogen-bond acceptors (Lipinski definition) is 4. The molecule has 0 atom stereocenters. The van der Waals surface area contributed by atoms with E-state index < -0.39 is 0 Å². The molecule has 78 valence electrons. The fraction of sp³-hybridized carbons (Fsp3) is 0. The highest BCUT2D eigenvalue weighted by Crippen LogP contribution is 1.93. The number of pyridine rings is 2. The summed E-state index contributed by atoms with van der Waals surface area (Å²) in [6.07, 6.45) is 10.2. The van der Waals surface area contributed by atoms with E-state index in [0.29, 0.717) is 0 Å². The first kappa shape index (κ1) is 10.2.